The molecule has 0 aliphatic heterocycles. The SMILES string of the molecule is C=C(C)C(=O)OC.C=CC(N)=O. The maximum Gasteiger partial charge on any atom is 0.332 e. The van der Waals surface area contributed by atoms with Gasteiger partial charge in [-0.05, 0) is 13.0 Å². The lowest BCUT2D eigenvalue weighted by molar-refractivity contribution is -0.136. The molecular formula is C8H13NO3. The third-order valence-corrected chi connectivity index (χ3v) is 0.735. The van der Waals surface area contributed by atoms with E-state index in [1.54, 1.807) is 6.92 Å². The molecule has 0 heterocycles. The molecule has 0 spiro atoms. The maximum absolute atomic E-state index is 10.2. The Morgan fingerprint density at radius 2 is 1.83 bits per heavy atom. The summed E-state index contributed by atoms with van der Waals surface area (Å²) in [5.74, 6) is -0.829. The van der Waals surface area contributed by atoms with E-state index in [1.165, 1.54) is 7.11 Å². The summed E-state index contributed by atoms with van der Waals surface area (Å²) in [7, 11) is 1.33. The second-order valence-electron chi connectivity index (χ2n) is 1.88. The Morgan fingerprint density at radius 1 is 1.50 bits per heavy atom. The molecule has 0 aromatic heterocycles. The second kappa shape index (κ2) is 7.53. The molecule has 0 aliphatic rings. The van der Waals surface area contributed by atoms with Gasteiger partial charge in [-0.25, -0.2) is 4.79 Å². The molecule has 12 heavy (non-hydrogen) atoms. The zero-order valence-electron chi connectivity index (χ0n) is 7.29. The molecule has 0 aliphatic carbocycles. The first kappa shape index (κ1) is 13.0. The molecule has 0 fully saturated rings. The molecule has 68 valence electrons. The lowest BCUT2D eigenvalue weighted by Gasteiger charge is -1.91. The van der Waals surface area contributed by atoms with Crippen LogP contribution in [0.15, 0.2) is 24.8 Å². The van der Waals surface area contributed by atoms with Crippen LogP contribution in [-0.2, 0) is 14.3 Å². The summed E-state index contributed by atoms with van der Waals surface area (Å²) >= 11 is 0. The van der Waals surface area contributed by atoms with E-state index >= 15 is 0 Å². The van der Waals surface area contributed by atoms with E-state index in [1.807, 2.05) is 0 Å². The lowest BCUT2D eigenvalue weighted by Crippen LogP contribution is -2.04. The number of rotatable bonds is 2. The fourth-order valence-electron chi connectivity index (χ4n) is 0.174. The number of carbonyl (C=O) groups excluding carboxylic acids is 2. The van der Waals surface area contributed by atoms with Gasteiger partial charge >= 0.3 is 5.97 Å². The van der Waals surface area contributed by atoms with E-state index in [0.717, 1.165) is 6.08 Å². The Balaban J connectivity index is 0. The van der Waals surface area contributed by atoms with Crippen molar-refractivity contribution < 1.29 is 14.3 Å². The Morgan fingerprint density at radius 3 is 1.83 bits per heavy atom. The predicted octanol–water partition coefficient (Wildman–Crippen LogP) is 0.393. The summed E-state index contributed by atoms with van der Waals surface area (Å²) in [6, 6.07) is 0. The van der Waals surface area contributed by atoms with Crippen molar-refractivity contribution in [2.45, 2.75) is 6.92 Å². The van der Waals surface area contributed by atoms with Gasteiger partial charge in [0.1, 0.15) is 0 Å². The van der Waals surface area contributed by atoms with E-state index in [0.29, 0.717) is 5.57 Å². The Labute approximate surface area is 71.7 Å². The Bertz CT molecular complexity index is 196. The first-order valence-electron chi connectivity index (χ1n) is 3.11. The van der Waals surface area contributed by atoms with Crippen LogP contribution in [0, 0.1) is 0 Å². The Kier molecular flexibility index (Phi) is 8.18. The highest BCUT2D eigenvalue weighted by atomic mass is 16.5. The minimum atomic E-state index is -0.481. The fraction of sp³-hybridized carbons (Fsp3) is 0.250. The van der Waals surface area contributed by atoms with E-state index in [9.17, 15) is 9.59 Å². The highest BCUT2D eigenvalue weighted by Gasteiger charge is 1.95. The minimum absolute atomic E-state index is 0.347. The van der Waals surface area contributed by atoms with Gasteiger partial charge in [0.25, 0.3) is 0 Å². The van der Waals surface area contributed by atoms with Crippen LogP contribution in [0.4, 0.5) is 0 Å². The molecule has 0 aromatic carbocycles. The molecule has 0 bridgehead atoms. The maximum atomic E-state index is 10.2. The third kappa shape index (κ3) is 11.2. The number of carbonyl (C=O) groups is 2. The first-order chi connectivity index (χ1) is 5.45. The number of amides is 1. The summed E-state index contributed by atoms with van der Waals surface area (Å²) in [4.78, 5) is 19.7. The standard InChI is InChI=1S/C5H8O2.C3H5NO/c1-4(2)5(6)7-3;1-2-3(4)5/h1H2,2-3H3;2H,1H2,(H2,4,5). The zero-order chi connectivity index (χ0) is 10.1. The van der Waals surface area contributed by atoms with E-state index < -0.39 is 5.91 Å². The average molecular weight is 171 g/mol. The monoisotopic (exact) mass is 171 g/mol. The summed E-state index contributed by atoms with van der Waals surface area (Å²) in [5, 5.41) is 0. The molecule has 0 unspecified atom stereocenters. The summed E-state index contributed by atoms with van der Waals surface area (Å²) in [6.45, 7) is 8.04. The highest BCUT2D eigenvalue weighted by Crippen LogP contribution is 1.87. The van der Waals surface area contributed by atoms with Crippen LogP contribution in [0.1, 0.15) is 6.92 Å². The van der Waals surface area contributed by atoms with Gasteiger partial charge in [-0.15, -0.1) is 0 Å². The quantitative estimate of drug-likeness (QED) is 0.482. The van der Waals surface area contributed by atoms with E-state index in [4.69, 9.17) is 0 Å². The molecule has 4 heteroatoms. The van der Waals surface area contributed by atoms with Crippen molar-refractivity contribution in [2.75, 3.05) is 7.11 Å². The molecule has 0 rings (SSSR count). The summed E-state index contributed by atoms with van der Waals surface area (Å²) < 4.78 is 4.27. The van der Waals surface area contributed by atoms with Crippen molar-refractivity contribution in [1.29, 1.82) is 0 Å². The van der Waals surface area contributed by atoms with Gasteiger partial charge < -0.3 is 10.5 Å². The molecule has 2 N–H and O–H groups in total. The predicted molar refractivity (Wildman–Crippen MR) is 46.2 cm³/mol. The zero-order valence-corrected chi connectivity index (χ0v) is 7.29. The van der Waals surface area contributed by atoms with Crippen molar-refractivity contribution in [3.63, 3.8) is 0 Å². The summed E-state index contributed by atoms with van der Waals surface area (Å²) in [5.41, 5.74) is 4.97. The van der Waals surface area contributed by atoms with E-state index in [2.05, 4.69) is 23.6 Å². The van der Waals surface area contributed by atoms with Crippen LogP contribution in [0.25, 0.3) is 0 Å². The average Bonchev–Trinajstić information content (AvgIpc) is 2.04. The molecule has 4 nitrogen and oxygen atoms in total. The van der Waals surface area contributed by atoms with Gasteiger partial charge in [-0.2, -0.15) is 0 Å². The Hall–Kier alpha value is -1.58. The highest BCUT2D eigenvalue weighted by molar-refractivity contribution is 5.86. The van der Waals surface area contributed by atoms with Gasteiger partial charge in [0.15, 0.2) is 0 Å². The topological polar surface area (TPSA) is 69.4 Å². The van der Waals surface area contributed by atoms with E-state index in [-0.39, 0.29) is 5.97 Å². The number of ether oxygens (including phenoxy) is 1. The second-order valence-corrected chi connectivity index (χ2v) is 1.88. The molecule has 1 amide bonds. The van der Waals surface area contributed by atoms with Crippen molar-refractivity contribution in [3.05, 3.63) is 24.8 Å². The van der Waals surface area contributed by atoms with Gasteiger partial charge in [0.05, 0.1) is 7.11 Å². The first-order valence-corrected chi connectivity index (χ1v) is 3.11. The smallest absolute Gasteiger partial charge is 0.332 e. The normalized spacial score (nSPS) is 7.17. The molecule has 0 atom stereocenters. The van der Waals surface area contributed by atoms with Crippen LogP contribution < -0.4 is 5.73 Å². The van der Waals surface area contributed by atoms with Gasteiger partial charge in [-0.3, -0.25) is 4.79 Å². The van der Waals surface area contributed by atoms with Crippen LogP contribution in [0.2, 0.25) is 0 Å². The molecule has 0 saturated heterocycles. The number of hydrogen-bond donors (Lipinski definition) is 1. The number of nitrogens with two attached hydrogens (primary N) is 1. The number of primary amides is 1. The van der Waals surface area contributed by atoms with Gasteiger partial charge in [0.2, 0.25) is 5.91 Å². The van der Waals surface area contributed by atoms with Crippen molar-refractivity contribution in [2.24, 2.45) is 5.73 Å². The fourth-order valence-corrected chi connectivity index (χ4v) is 0.174. The molecule has 0 saturated carbocycles. The number of esters is 1. The number of hydrogen-bond acceptors (Lipinski definition) is 3. The largest absolute Gasteiger partial charge is 0.466 e. The van der Waals surface area contributed by atoms with Crippen LogP contribution in [0.5, 0.6) is 0 Å². The molecular weight excluding hydrogens is 158 g/mol. The van der Waals surface area contributed by atoms with Crippen molar-refractivity contribution in [1.82, 2.24) is 0 Å². The lowest BCUT2D eigenvalue weighted by atomic mass is 10.4. The van der Waals surface area contributed by atoms with Crippen molar-refractivity contribution >= 4 is 11.9 Å². The molecule has 0 aromatic rings. The minimum Gasteiger partial charge on any atom is -0.466 e. The third-order valence-electron chi connectivity index (χ3n) is 0.735. The van der Waals surface area contributed by atoms with Gasteiger partial charge in [-0.1, -0.05) is 13.2 Å². The van der Waals surface area contributed by atoms with Crippen molar-refractivity contribution in [3.8, 4) is 0 Å². The number of methoxy groups -OCH3 is 1. The summed E-state index contributed by atoms with van der Waals surface area (Å²) in [6.07, 6.45) is 1.06. The van der Waals surface area contributed by atoms with Gasteiger partial charge in [0, 0.05) is 5.57 Å². The van der Waals surface area contributed by atoms with Crippen LogP contribution in [-0.4, -0.2) is 19.0 Å². The molecule has 0 radical (unpaired) electrons. The van der Waals surface area contributed by atoms with Crippen LogP contribution in [0.3, 0.4) is 0 Å². The van der Waals surface area contributed by atoms with Crippen LogP contribution >= 0.6 is 0 Å².